The highest BCUT2D eigenvalue weighted by Crippen LogP contribution is 2.24. The van der Waals surface area contributed by atoms with Crippen LogP contribution in [0.3, 0.4) is 0 Å². The molecule has 0 saturated carbocycles. The van der Waals surface area contributed by atoms with Crippen LogP contribution in [0.1, 0.15) is 43.4 Å². The lowest BCUT2D eigenvalue weighted by Crippen LogP contribution is -2.24. The molecule has 1 unspecified atom stereocenters. The standard InChI is InChI=1S/C17H21BrFNO/c1-3-9-20-16(17-8-6-14(4-2)21-17)11-12-10-13(18)5-7-15(12)19/h5-8,10,16,20H,3-4,9,11H2,1-2H3. The fraction of sp³-hybridized carbons (Fsp3) is 0.412. The number of halogens is 2. The Kier molecular flexibility index (Phi) is 6.00. The largest absolute Gasteiger partial charge is 0.464 e. The Morgan fingerprint density at radius 3 is 2.71 bits per heavy atom. The molecular weight excluding hydrogens is 333 g/mol. The molecule has 0 saturated heterocycles. The van der Waals surface area contributed by atoms with Gasteiger partial charge in [-0.15, -0.1) is 0 Å². The van der Waals surface area contributed by atoms with Crippen LogP contribution in [0.4, 0.5) is 4.39 Å². The van der Waals surface area contributed by atoms with Gasteiger partial charge >= 0.3 is 0 Å². The molecule has 1 aromatic heterocycles. The molecule has 1 N–H and O–H groups in total. The molecule has 21 heavy (non-hydrogen) atoms. The molecule has 0 bridgehead atoms. The van der Waals surface area contributed by atoms with Crippen molar-refractivity contribution in [3.63, 3.8) is 0 Å². The van der Waals surface area contributed by atoms with Crippen molar-refractivity contribution >= 4 is 15.9 Å². The fourth-order valence-electron chi connectivity index (χ4n) is 2.28. The van der Waals surface area contributed by atoms with E-state index in [9.17, 15) is 4.39 Å². The van der Waals surface area contributed by atoms with Gasteiger partial charge in [0.05, 0.1) is 6.04 Å². The molecule has 1 atom stereocenters. The number of furan rings is 1. The van der Waals surface area contributed by atoms with Crippen molar-refractivity contribution in [1.29, 1.82) is 0 Å². The average molecular weight is 354 g/mol. The predicted molar refractivity (Wildman–Crippen MR) is 86.9 cm³/mol. The van der Waals surface area contributed by atoms with Crippen LogP contribution in [0.2, 0.25) is 0 Å². The molecule has 1 heterocycles. The third-order valence-corrected chi connectivity index (χ3v) is 3.94. The first-order valence-electron chi connectivity index (χ1n) is 7.40. The molecular formula is C17H21BrFNO. The van der Waals surface area contributed by atoms with E-state index < -0.39 is 0 Å². The summed E-state index contributed by atoms with van der Waals surface area (Å²) in [6.45, 7) is 5.05. The molecule has 0 spiro atoms. The lowest BCUT2D eigenvalue weighted by atomic mass is 10.0. The Morgan fingerprint density at radius 1 is 1.24 bits per heavy atom. The molecule has 114 valence electrons. The predicted octanol–water partition coefficient (Wildman–Crippen LogP) is 5.03. The van der Waals surface area contributed by atoms with E-state index in [1.54, 1.807) is 6.07 Å². The van der Waals surface area contributed by atoms with E-state index >= 15 is 0 Å². The number of aryl methyl sites for hydroxylation is 1. The van der Waals surface area contributed by atoms with Gasteiger partial charge < -0.3 is 9.73 Å². The molecule has 0 aliphatic heterocycles. The summed E-state index contributed by atoms with van der Waals surface area (Å²) in [4.78, 5) is 0. The molecule has 0 aliphatic carbocycles. The van der Waals surface area contributed by atoms with Crippen LogP contribution in [0.5, 0.6) is 0 Å². The van der Waals surface area contributed by atoms with E-state index in [0.29, 0.717) is 12.0 Å². The van der Waals surface area contributed by atoms with Gasteiger partial charge in [0.1, 0.15) is 17.3 Å². The summed E-state index contributed by atoms with van der Waals surface area (Å²) in [5.41, 5.74) is 0.687. The molecule has 4 heteroatoms. The van der Waals surface area contributed by atoms with Gasteiger partial charge in [-0.3, -0.25) is 0 Å². The summed E-state index contributed by atoms with van der Waals surface area (Å²) < 4.78 is 20.7. The van der Waals surface area contributed by atoms with Crippen LogP contribution >= 0.6 is 15.9 Å². The minimum atomic E-state index is -0.177. The molecule has 0 fully saturated rings. The normalized spacial score (nSPS) is 12.6. The summed E-state index contributed by atoms with van der Waals surface area (Å²) in [6, 6.07) is 9.02. The van der Waals surface area contributed by atoms with Gasteiger partial charge in [0.25, 0.3) is 0 Å². The monoisotopic (exact) mass is 353 g/mol. The lowest BCUT2D eigenvalue weighted by molar-refractivity contribution is 0.389. The van der Waals surface area contributed by atoms with Gasteiger partial charge in [-0.05, 0) is 55.3 Å². The van der Waals surface area contributed by atoms with E-state index in [4.69, 9.17) is 4.42 Å². The second kappa shape index (κ2) is 7.76. The van der Waals surface area contributed by atoms with Crippen LogP contribution in [-0.2, 0) is 12.8 Å². The van der Waals surface area contributed by atoms with Crippen molar-refractivity contribution in [1.82, 2.24) is 5.32 Å². The first kappa shape index (κ1) is 16.2. The number of hydrogen-bond acceptors (Lipinski definition) is 2. The third kappa shape index (κ3) is 4.42. The van der Waals surface area contributed by atoms with Crippen molar-refractivity contribution in [3.8, 4) is 0 Å². The fourth-order valence-corrected chi connectivity index (χ4v) is 2.69. The Bertz CT molecular complexity index is 582. The number of nitrogens with one attached hydrogen (secondary N) is 1. The summed E-state index contributed by atoms with van der Waals surface area (Å²) in [5, 5.41) is 3.44. The van der Waals surface area contributed by atoms with Crippen molar-refractivity contribution in [2.75, 3.05) is 6.54 Å². The molecule has 0 radical (unpaired) electrons. The van der Waals surface area contributed by atoms with Gasteiger partial charge in [-0.1, -0.05) is 29.8 Å². The SMILES string of the molecule is CCCNC(Cc1cc(Br)ccc1F)c1ccc(CC)o1. The summed E-state index contributed by atoms with van der Waals surface area (Å²) in [5.74, 6) is 1.66. The Hall–Kier alpha value is -1.13. The highest BCUT2D eigenvalue weighted by Gasteiger charge is 2.17. The molecule has 2 aromatic rings. The van der Waals surface area contributed by atoms with Gasteiger partial charge in [0.15, 0.2) is 0 Å². The number of rotatable bonds is 7. The zero-order chi connectivity index (χ0) is 15.2. The van der Waals surface area contributed by atoms with Crippen molar-refractivity contribution in [3.05, 3.63) is 57.7 Å². The molecule has 2 rings (SSSR count). The second-order valence-electron chi connectivity index (χ2n) is 5.10. The third-order valence-electron chi connectivity index (χ3n) is 3.45. The zero-order valence-electron chi connectivity index (χ0n) is 12.5. The smallest absolute Gasteiger partial charge is 0.126 e. The van der Waals surface area contributed by atoms with Crippen molar-refractivity contribution in [2.45, 2.75) is 39.2 Å². The summed E-state index contributed by atoms with van der Waals surface area (Å²) >= 11 is 3.40. The topological polar surface area (TPSA) is 25.2 Å². The lowest BCUT2D eigenvalue weighted by Gasteiger charge is -2.17. The van der Waals surface area contributed by atoms with Gasteiger partial charge in [0.2, 0.25) is 0 Å². The molecule has 2 nitrogen and oxygen atoms in total. The minimum absolute atomic E-state index is 0.00551. The van der Waals surface area contributed by atoms with E-state index in [1.165, 1.54) is 6.07 Å². The summed E-state index contributed by atoms with van der Waals surface area (Å²) in [7, 11) is 0. The van der Waals surface area contributed by atoms with E-state index in [0.717, 1.165) is 35.4 Å². The number of benzene rings is 1. The Morgan fingerprint density at radius 2 is 2.05 bits per heavy atom. The van der Waals surface area contributed by atoms with E-state index in [1.807, 2.05) is 18.2 Å². The zero-order valence-corrected chi connectivity index (χ0v) is 14.0. The molecule has 0 amide bonds. The first-order chi connectivity index (χ1) is 10.1. The van der Waals surface area contributed by atoms with Gasteiger partial charge in [0, 0.05) is 10.9 Å². The maximum Gasteiger partial charge on any atom is 0.126 e. The van der Waals surface area contributed by atoms with Crippen LogP contribution in [0.25, 0.3) is 0 Å². The second-order valence-corrected chi connectivity index (χ2v) is 6.02. The highest BCUT2D eigenvalue weighted by molar-refractivity contribution is 9.10. The van der Waals surface area contributed by atoms with Gasteiger partial charge in [-0.25, -0.2) is 4.39 Å². The summed E-state index contributed by atoms with van der Waals surface area (Å²) in [6.07, 6.45) is 2.46. The first-order valence-corrected chi connectivity index (χ1v) is 8.19. The van der Waals surface area contributed by atoms with Crippen molar-refractivity contribution < 1.29 is 8.81 Å². The average Bonchev–Trinajstić information content (AvgIpc) is 2.95. The van der Waals surface area contributed by atoms with Crippen molar-refractivity contribution in [2.24, 2.45) is 0 Å². The van der Waals surface area contributed by atoms with Crippen LogP contribution in [-0.4, -0.2) is 6.54 Å². The van der Waals surface area contributed by atoms with Crippen LogP contribution in [0, 0.1) is 5.82 Å². The number of hydrogen-bond donors (Lipinski definition) is 1. The van der Waals surface area contributed by atoms with Gasteiger partial charge in [-0.2, -0.15) is 0 Å². The maximum atomic E-state index is 14.0. The maximum absolute atomic E-state index is 14.0. The Labute approximate surface area is 133 Å². The van der Waals surface area contributed by atoms with E-state index in [2.05, 4.69) is 35.1 Å². The van der Waals surface area contributed by atoms with Crippen LogP contribution < -0.4 is 5.32 Å². The quantitative estimate of drug-likeness (QED) is 0.755. The molecule has 0 aliphatic rings. The highest BCUT2D eigenvalue weighted by atomic mass is 79.9. The Balaban J connectivity index is 2.21. The minimum Gasteiger partial charge on any atom is -0.464 e. The van der Waals surface area contributed by atoms with Crippen LogP contribution in [0.15, 0.2) is 39.2 Å². The molecule has 1 aromatic carbocycles. The van der Waals surface area contributed by atoms with E-state index in [-0.39, 0.29) is 11.9 Å².